The van der Waals surface area contributed by atoms with Crippen LogP contribution in [0.2, 0.25) is 5.02 Å². The third-order valence-corrected chi connectivity index (χ3v) is 3.48. The molecule has 0 atom stereocenters. The van der Waals surface area contributed by atoms with Gasteiger partial charge < -0.3 is 15.4 Å². The maximum Gasteiger partial charge on any atom is 0.191 e. The van der Waals surface area contributed by atoms with Crippen LogP contribution >= 0.6 is 35.6 Å². The second kappa shape index (κ2) is 11.1. The number of aliphatic imine (C=N–C) groups is 1. The van der Waals surface area contributed by atoms with Gasteiger partial charge in [0.2, 0.25) is 0 Å². The Labute approximate surface area is 165 Å². The average Bonchev–Trinajstić information content (AvgIpc) is 2.56. The largest absolute Gasteiger partial charge is 0.494 e. The molecule has 2 N–H and O–H groups in total. The van der Waals surface area contributed by atoms with Crippen LogP contribution in [-0.2, 0) is 13.1 Å². The Morgan fingerprint density at radius 1 is 1.04 bits per heavy atom. The van der Waals surface area contributed by atoms with E-state index in [1.54, 1.807) is 7.05 Å². The summed E-state index contributed by atoms with van der Waals surface area (Å²) < 4.78 is 5.51. The zero-order chi connectivity index (χ0) is 16.5. The summed E-state index contributed by atoms with van der Waals surface area (Å²) in [5.41, 5.74) is 2.25. The van der Waals surface area contributed by atoms with Gasteiger partial charge in [-0.05, 0) is 42.3 Å². The van der Waals surface area contributed by atoms with Gasteiger partial charge in [0.15, 0.2) is 5.96 Å². The number of halogens is 2. The van der Waals surface area contributed by atoms with Gasteiger partial charge >= 0.3 is 0 Å². The smallest absolute Gasteiger partial charge is 0.191 e. The molecule has 0 saturated heterocycles. The fourth-order valence-electron chi connectivity index (χ4n) is 2.15. The van der Waals surface area contributed by atoms with Crippen LogP contribution in [0.4, 0.5) is 0 Å². The number of benzene rings is 2. The monoisotopic (exact) mass is 459 g/mol. The summed E-state index contributed by atoms with van der Waals surface area (Å²) in [4.78, 5) is 4.23. The summed E-state index contributed by atoms with van der Waals surface area (Å²) in [6.07, 6.45) is 0. The zero-order valence-corrected chi connectivity index (χ0v) is 17.0. The van der Waals surface area contributed by atoms with Crippen molar-refractivity contribution in [2.24, 2.45) is 4.99 Å². The van der Waals surface area contributed by atoms with Crippen LogP contribution in [0.3, 0.4) is 0 Å². The van der Waals surface area contributed by atoms with Crippen molar-refractivity contribution in [1.29, 1.82) is 0 Å². The molecule has 2 aromatic carbocycles. The van der Waals surface area contributed by atoms with Crippen LogP contribution in [-0.4, -0.2) is 19.6 Å². The molecule has 0 radical (unpaired) electrons. The van der Waals surface area contributed by atoms with Crippen LogP contribution in [0, 0.1) is 0 Å². The van der Waals surface area contributed by atoms with Gasteiger partial charge in [-0.25, -0.2) is 0 Å². The van der Waals surface area contributed by atoms with E-state index in [4.69, 9.17) is 16.3 Å². The standard InChI is InChI=1S/C18H22ClN3O.HI/c1-3-23-17-9-5-7-15(11-17)13-22-18(20-2)21-12-14-6-4-8-16(19)10-14;/h4-11H,3,12-13H2,1-2H3,(H2,20,21,22);1H. The molecule has 0 heterocycles. The Morgan fingerprint density at radius 3 is 2.25 bits per heavy atom. The number of hydrogen-bond acceptors (Lipinski definition) is 2. The van der Waals surface area contributed by atoms with E-state index < -0.39 is 0 Å². The van der Waals surface area contributed by atoms with Crippen LogP contribution in [0.15, 0.2) is 53.5 Å². The van der Waals surface area contributed by atoms with Crippen molar-refractivity contribution in [3.05, 3.63) is 64.7 Å². The van der Waals surface area contributed by atoms with E-state index in [0.29, 0.717) is 19.7 Å². The van der Waals surface area contributed by atoms with Crippen LogP contribution < -0.4 is 15.4 Å². The Balaban J connectivity index is 0.00000288. The summed E-state index contributed by atoms with van der Waals surface area (Å²) in [5, 5.41) is 7.30. The highest BCUT2D eigenvalue weighted by Crippen LogP contribution is 2.13. The topological polar surface area (TPSA) is 45.6 Å². The first kappa shape index (κ1) is 20.6. The van der Waals surface area contributed by atoms with Gasteiger partial charge in [0.05, 0.1) is 6.61 Å². The van der Waals surface area contributed by atoms with Crippen LogP contribution in [0.5, 0.6) is 5.75 Å². The Morgan fingerprint density at radius 2 is 1.67 bits per heavy atom. The molecule has 6 heteroatoms. The minimum atomic E-state index is 0. The normalized spacial score (nSPS) is 10.7. The van der Waals surface area contributed by atoms with Crippen molar-refractivity contribution < 1.29 is 4.74 Å². The molecule has 0 amide bonds. The molecular weight excluding hydrogens is 437 g/mol. The summed E-state index contributed by atoms with van der Waals surface area (Å²) in [6.45, 7) is 3.99. The first-order valence-electron chi connectivity index (χ1n) is 7.62. The number of rotatable bonds is 6. The van der Waals surface area contributed by atoms with E-state index in [1.807, 2.05) is 49.4 Å². The number of nitrogens with one attached hydrogen (secondary N) is 2. The lowest BCUT2D eigenvalue weighted by atomic mass is 10.2. The Bertz CT molecular complexity index is 664. The maximum atomic E-state index is 5.99. The van der Waals surface area contributed by atoms with Gasteiger partial charge in [-0.2, -0.15) is 0 Å². The molecule has 2 rings (SSSR count). The maximum absolute atomic E-state index is 5.99. The summed E-state index contributed by atoms with van der Waals surface area (Å²) in [6, 6.07) is 15.8. The minimum absolute atomic E-state index is 0. The molecule has 0 bridgehead atoms. The van der Waals surface area contributed by atoms with Gasteiger partial charge in [-0.15, -0.1) is 24.0 Å². The molecule has 2 aromatic rings. The Kier molecular flexibility index (Phi) is 9.56. The first-order valence-corrected chi connectivity index (χ1v) is 7.99. The lowest BCUT2D eigenvalue weighted by Crippen LogP contribution is -2.36. The predicted molar refractivity (Wildman–Crippen MR) is 112 cm³/mol. The van der Waals surface area contributed by atoms with Crippen LogP contribution in [0.1, 0.15) is 18.1 Å². The highest BCUT2D eigenvalue weighted by molar-refractivity contribution is 14.0. The summed E-state index contributed by atoms with van der Waals surface area (Å²) in [7, 11) is 1.75. The predicted octanol–water partition coefficient (Wildman–Crippen LogP) is 4.22. The molecule has 0 aromatic heterocycles. The third-order valence-electron chi connectivity index (χ3n) is 3.24. The second-order valence-electron chi connectivity index (χ2n) is 4.99. The molecule has 130 valence electrons. The van der Waals surface area contributed by atoms with E-state index in [1.165, 1.54) is 0 Å². The van der Waals surface area contributed by atoms with Crippen molar-refractivity contribution in [3.8, 4) is 5.75 Å². The first-order chi connectivity index (χ1) is 11.2. The molecule has 0 spiro atoms. The number of hydrogen-bond donors (Lipinski definition) is 2. The van der Waals surface area contributed by atoms with E-state index in [-0.39, 0.29) is 24.0 Å². The van der Waals surface area contributed by atoms with Crippen molar-refractivity contribution in [2.75, 3.05) is 13.7 Å². The fourth-order valence-corrected chi connectivity index (χ4v) is 2.36. The zero-order valence-electron chi connectivity index (χ0n) is 13.9. The highest BCUT2D eigenvalue weighted by atomic mass is 127. The molecule has 0 aliphatic rings. The van der Waals surface area contributed by atoms with Gasteiger partial charge in [0, 0.05) is 25.2 Å². The van der Waals surface area contributed by atoms with E-state index in [0.717, 1.165) is 27.9 Å². The fraction of sp³-hybridized carbons (Fsp3) is 0.278. The van der Waals surface area contributed by atoms with Gasteiger partial charge in [0.25, 0.3) is 0 Å². The molecule has 0 aliphatic carbocycles. The quantitative estimate of drug-likeness (QED) is 0.386. The number of ether oxygens (including phenoxy) is 1. The number of guanidine groups is 1. The van der Waals surface area contributed by atoms with E-state index in [9.17, 15) is 0 Å². The molecule has 0 saturated carbocycles. The van der Waals surface area contributed by atoms with Gasteiger partial charge in [-0.1, -0.05) is 35.9 Å². The van der Waals surface area contributed by atoms with E-state index >= 15 is 0 Å². The molecule has 0 fully saturated rings. The van der Waals surface area contributed by atoms with Crippen molar-refractivity contribution in [1.82, 2.24) is 10.6 Å². The van der Waals surface area contributed by atoms with Crippen molar-refractivity contribution >= 4 is 41.5 Å². The molecule has 24 heavy (non-hydrogen) atoms. The van der Waals surface area contributed by atoms with Crippen molar-refractivity contribution in [2.45, 2.75) is 20.0 Å². The molecule has 0 aliphatic heterocycles. The number of nitrogens with zero attached hydrogens (tertiary/aromatic N) is 1. The van der Waals surface area contributed by atoms with E-state index in [2.05, 4.69) is 21.7 Å². The highest BCUT2D eigenvalue weighted by Gasteiger charge is 2.01. The Hall–Kier alpha value is -1.47. The second-order valence-corrected chi connectivity index (χ2v) is 5.43. The SMILES string of the molecule is CCOc1cccc(CNC(=NC)NCc2cccc(Cl)c2)c1.I. The van der Waals surface area contributed by atoms with Gasteiger partial charge in [-0.3, -0.25) is 4.99 Å². The van der Waals surface area contributed by atoms with Crippen LogP contribution in [0.25, 0.3) is 0 Å². The lowest BCUT2D eigenvalue weighted by Gasteiger charge is -2.13. The average molecular weight is 460 g/mol. The lowest BCUT2D eigenvalue weighted by molar-refractivity contribution is 0.340. The summed E-state index contributed by atoms with van der Waals surface area (Å²) >= 11 is 5.99. The molecule has 4 nitrogen and oxygen atoms in total. The summed E-state index contributed by atoms with van der Waals surface area (Å²) in [5.74, 6) is 1.63. The molecular formula is C18H23ClIN3O. The molecule has 0 unspecified atom stereocenters. The minimum Gasteiger partial charge on any atom is -0.494 e. The third kappa shape index (κ3) is 6.97. The van der Waals surface area contributed by atoms with Gasteiger partial charge in [0.1, 0.15) is 5.75 Å². The van der Waals surface area contributed by atoms with Crippen molar-refractivity contribution in [3.63, 3.8) is 0 Å².